The van der Waals surface area contributed by atoms with Crippen LogP contribution in [0.2, 0.25) is 0 Å². The molecule has 0 saturated carbocycles. The van der Waals surface area contributed by atoms with Gasteiger partial charge in [0.1, 0.15) is 5.82 Å². The Balaban J connectivity index is 2.60. The molecule has 19 heavy (non-hydrogen) atoms. The van der Waals surface area contributed by atoms with Gasteiger partial charge < -0.3 is 10.3 Å². The van der Waals surface area contributed by atoms with E-state index in [1.807, 2.05) is 0 Å². The fraction of sp³-hybridized carbons (Fsp3) is 0.667. The second-order valence-corrected chi connectivity index (χ2v) is 4.54. The van der Waals surface area contributed by atoms with E-state index in [0.29, 0.717) is 17.1 Å². The molecular formula is C12H18F3N3O. The average Bonchev–Trinajstić information content (AvgIpc) is 2.21. The lowest BCUT2D eigenvalue weighted by Crippen LogP contribution is -2.29. The summed E-state index contributed by atoms with van der Waals surface area (Å²) in [6.45, 7) is 5.33. The van der Waals surface area contributed by atoms with Crippen molar-refractivity contribution in [2.24, 2.45) is 0 Å². The van der Waals surface area contributed by atoms with Crippen molar-refractivity contribution in [3.05, 3.63) is 27.4 Å². The van der Waals surface area contributed by atoms with Crippen molar-refractivity contribution < 1.29 is 13.2 Å². The lowest BCUT2D eigenvalue weighted by atomic mass is 10.1. The molecule has 1 atom stereocenters. The van der Waals surface area contributed by atoms with Gasteiger partial charge in [-0.25, -0.2) is 4.98 Å². The Morgan fingerprint density at radius 1 is 1.37 bits per heavy atom. The summed E-state index contributed by atoms with van der Waals surface area (Å²) in [5.41, 5.74) is 0.815. The van der Waals surface area contributed by atoms with E-state index in [1.54, 1.807) is 20.8 Å². The van der Waals surface area contributed by atoms with E-state index in [9.17, 15) is 18.0 Å². The zero-order valence-corrected chi connectivity index (χ0v) is 11.2. The Bertz CT molecular complexity index is 482. The molecule has 0 fully saturated rings. The Morgan fingerprint density at radius 2 is 2.00 bits per heavy atom. The Labute approximate surface area is 109 Å². The maximum Gasteiger partial charge on any atom is 0.389 e. The number of nitrogens with one attached hydrogen (secondary N) is 2. The minimum absolute atomic E-state index is 0.00984. The van der Waals surface area contributed by atoms with Crippen LogP contribution >= 0.6 is 0 Å². The molecule has 4 nitrogen and oxygen atoms in total. The molecule has 0 aliphatic rings. The molecule has 2 N–H and O–H groups in total. The van der Waals surface area contributed by atoms with Gasteiger partial charge in [0.05, 0.1) is 5.56 Å². The van der Waals surface area contributed by atoms with Crippen molar-refractivity contribution in [1.82, 2.24) is 15.3 Å². The summed E-state index contributed by atoms with van der Waals surface area (Å²) in [4.78, 5) is 18.5. The molecule has 0 saturated heterocycles. The first-order valence-corrected chi connectivity index (χ1v) is 6.08. The van der Waals surface area contributed by atoms with Crippen LogP contribution in [-0.2, 0) is 0 Å². The predicted molar refractivity (Wildman–Crippen MR) is 66.0 cm³/mol. The minimum atomic E-state index is -4.14. The third-order valence-corrected chi connectivity index (χ3v) is 2.78. The highest BCUT2D eigenvalue weighted by molar-refractivity contribution is 5.19. The third kappa shape index (κ3) is 5.02. The summed E-state index contributed by atoms with van der Waals surface area (Å²) in [5.74, 6) is 0.524. The number of aromatic amines is 1. The number of hydrogen-bond donors (Lipinski definition) is 2. The van der Waals surface area contributed by atoms with Crippen LogP contribution in [0.15, 0.2) is 4.79 Å². The van der Waals surface area contributed by atoms with Gasteiger partial charge in [0.15, 0.2) is 0 Å². The van der Waals surface area contributed by atoms with Crippen LogP contribution in [0, 0.1) is 13.8 Å². The Hall–Kier alpha value is -1.37. The van der Waals surface area contributed by atoms with Crippen LogP contribution in [0.25, 0.3) is 0 Å². The second kappa shape index (κ2) is 6.18. The Kier molecular flexibility index (Phi) is 5.11. The van der Waals surface area contributed by atoms with Gasteiger partial charge in [-0.1, -0.05) is 0 Å². The van der Waals surface area contributed by atoms with E-state index in [1.165, 1.54) is 0 Å². The van der Waals surface area contributed by atoms with E-state index in [2.05, 4.69) is 15.3 Å². The van der Waals surface area contributed by atoms with E-state index in [4.69, 9.17) is 0 Å². The van der Waals surface area contributed by atoms with Crippen molar-refractivity contribution in [3.8, 4) is 0 Å². The lowest BCUT2D eigenvalue weighted by molar-refractivity contribution is -0.135. The molecule has 108 valence electrons. The first-order chi connectivity index (χ1) is 8.70. The highest BCUT2D eigenvalue weighted by Gasteiger charge is 2.26. The summed E-state index contributed by atoms with van der Waals surface area (Å²) in [5, 5.41) is 2.91. The molecule has 0 aliphatic carbocycles. The van der Waals surface area contributed by atoms with Crippen molar-refractivity contribution in [2.45, 2.75) is 45.8 Å². The summed E-state index contributed by atoms with van der Waals surface area (Å²) in [6, 6.07) is -0.329. The normalized spacial score (nSPS) is 13.6. The first-order valence-electron chi connectivity index (χ1n) is 6.08. The number of aryl methyl sites for hydroxylation is 2. The van der Waals surface area contributed by atoms with Gasteiger partial charge in [-0.05, 0) is 33.7 Å². The molecule has 0 amide bonds. The van der Waals surface area contributed by atoms with Gasteiger partial charge in [-0.3, -0.25) is 4.79 Å². The second-order valence-electron chi connectivity index (χ2n) is 4.54. The molecule has 1 unspecified atom stereocenters. The van der Waals surface area contributed by atoms with Gasteiger partial charge in [0.2, 0.25) is 0 Å². The molecule has 1 heterocycles. The fourth-order valence-corrected chi connectivity index (χ4v) is 1.96. The maximum atomic E-state index is 12.0. The third-order valence-electron chi connectivity index (χ3n) is 2.78. The number of H-pyrrole nitrogens is 1. The summed E-state index contributed by atoms with van der Waals surface area (Å²) in [7, 11) is 0. The number of aromatic nitrogens is 2. The van der Waals surface area contributed by atoms with Crippen molar-refractivity contribution in [1.29, 1.82) is 0 Å². The van der Waals surface area contributed by atoms with E-state index >= 15 is 0 Å². The topological polar surface area (TPSA) is 57.8 Å². The number of hydrogen-bond acceptors (Lipinski definition) is 3. The van der Waals surface area contributed by atoms with Crippen molar-refractivity contribution in [3.63, 3.8) is 0 Å². The molecule has 0 radical (unpaired) electrons. The highest BCUT2D eigenvalue weighted by atomic mass is 19.4. The van der Waals surface area contributed by atoms with E-state index < -0.39 is 12.6 Å². The standard InChI is InChI=1S/C12H18F3N3O/c1-7(16-6-4-5-12(13,14)15)10-8(2)17-9(3)18-11(10)19/h7,16H,4-6H2,1-3H3,(H,17,18,19). The first kappa shape index (κ1) is 15.7. The molecule has 0 spiro atoms. The highest BCUT2D eigenvalue weighted by Crippen LogP contribution is 2.21. The summed E-state index contributed by atoms with van der Waals surface area (Å²) in [6.07, 6.45) is -4.97. The number of halogens is 3. The molecular weight excluding hydrogens is 259 g/mol. The Morgan fingerprint density at radius 3 is 2.53 bits per heavy atom. The summed E-state index contributed by atoms with van der Waals surface area (Å²) < 4.78 is 35.9. The zero-order chi connectivity index (χ0) is 14.6. The lowest BCUT2D eigenvalue weighted by Gasteiger charge is -2.15. The SMILES string of the molecule is Cc1nc(C)c(C(C)NCCCC(F)(F)F)c(=O)[nH]1. The van der Waals surface area contributed by atoms with Gasteiger partial charge >= 0.3 is 6.18 Å². The zero-order valence-electron chi connectivity index (χ0n) is 11.2. The molecule has 1 rings (SSSR count). The average molecular weight is 277 g/mol. The molecule has 1 aromatic rings. The van der Waals surface area contributed by atoms with Crippen LogP contribution in [0.3, 0.4) is 0 Å². The predicted octanol–water partition coefficient (Wildman–Crippen LogP) is 2.38. The van der Waals surface area contributed by atoms with Crippen molar-refractivity contribution >= 4 is 0 Å². The number of alkyl halides is 3. The molecule has 1 aromatic heterocycles. The van der Waals surface area contributed by atoms with Crippen molar-refractivity contribution in [2.75, 3.05) is 6.54 Å². The summed E-state index contributed by atoms with van der Waals surface area (Å²) >= 11 is 0. The van der Waals surface area contributed by atoms with Gasteiger partial charge in [0.25, 0.3) is 5.56 Å². The monoisotopic (exact) mass is 277 g/mol. The molecule has 0 aliphatic heterocycles. The number of rotatable bonds is 5. The van der Waals surface area contributed by atoms with E-state index in [0.717, 1.165) is 0 Å². The largest absolute Gasteiger partial charge is 0.389 e. The van der Waals surface area contributed by atoms with Crippen LogP contribution in [0.5, 0.6) is 0 Å². The maximum absolute atomic E-state index is 12.0. The van der Waals surface area contributed by atoms with E-state index in [-0.39, 0.29) is 24.6 Å². The molecule has 7 heteroatoms. The van der Waals surface area contributed by atoms with Crippen LogP contribution in [0.4, 0.5) is 13.2 Å². The smallest absolute Gasteiger partial charge is 0.310 e. The minimum Gasteiger partial charge on any atom is -0.310 e. The quantitative estimate of drug-likeness (QED) is 0.812. The molecule has 0 bridgehead atoms. The van der Waals surface area contributed by atoms with Gasteiger partial charge in [0, 0.05) is 18.2 Å². The van der Waals surface area contributed by atoms with Crippen LogP contribution < -0.4 is 10.9 Å². The fourth-order valence-electron chi connectivity index (χ4n) is 1.96. The molecule has 0 aromatic carbocycles. The number of nitrogens with zero attached hydrogens (tertiary/aromatic N) is 1. The van der Waals surface area contributed by atoms with Gasteiger partial charge in [-0.2, -0.15) is 13.2 Å². The van der Waals surface area contributed by atoms with Crippen LogP contribution in [-0.4, -0.2) is 22.7 Å². The van der Waals surface area contributed by atoms with Crippen LogP contribution in [0.1, 0.15) is 42.9 Å². The van der Waals surface area contributed by atoms with Gasteiger partial charge in [-0.15, -0.1) is 0 Å².